The van der Waals surface area contributed by atoms with E-state index in [2.05, 4.69) is 0 Å². The molecule has 0 unspecified atom stereocenters. The van der Waals surface area contributed by atoms with Gasteiger partial charge in [0, 0.05) is 5.56 Å². The number of ketones is 1. The molecule has 19 heavy (non-hydrogen) atoms. The fourth-order valence-electron chi connectivity index (χ4n) is 1.49. The van der Waals surface area contributed by atoms with Crippen LogP contribution in [-0.2, 0) is 9.59 Å². The number of carbonyl (C=O) groups is 3. The highest BCUT2D eigenvalue weighted by Crippen LogP contribution is 2.28. The second-order valence-electron chi connectivity index (χ2n) is 3.54. The first-order valence-electron chi connectivity index (χ1n) is 5.14. The highest BCUT2D eigenvalue weighted by molar-refractivity contribution is 6.20. The lowest BCUT2D eigenvalue weighted by molar-refractivity contribution is -0.151. The molecule has 0 heterocycles. The molecule has 0 amide bonds. The summed E-state index contributed by atoms with van der Waals surface area (Å²) in [4.78, 5) is 33.4. The van der Waals surface area contributed by atoms with Crippen molar-refractivity contribution in [2.45, 2.75) is 0 Å². The SMILES string of the molecule is COc1ccc(C(=O)C(C(=O)O)C(=O)O)cc1OC. The normalized spacial score (nSPS) is 10.1. The van der Waals surface area contributed by atoms with Crippen molar-refractivity contribution in [1.82, 2.24) is 0 Å². The van der Waals surface area contributed by atoms with Crippen LogP contribution in [0.4, 0.5) is 0 Å². The number of carboxylic acids is 2. The molecule has 0 saturated heterocycles. The maximum absolute atomic E-state index is 11.8. The number of aliphatic carboxylic acids is 2. The number of carbonyl (C=O) groups excluding carboxylic acids is 1. The number of hydrogen-bond donors (Lipinski definition) is 2. The van der Waals surface area contributed by atoms with Crippen molar-refractivity contribution in [2.24, 2.45) is 5.92 Å². The summed E-state index contributed by atoms with van der Waals surface area (Å²) in [5, 5.41) is 17.5. The molecule has 0 aliphatic carbocycles. The number of carboxylic acid groups (broad SMARTS) is 2. The molecule has 7 heteroatoms. The van der Waals surface area contributed by atoms with E-state index in [1.165, 1.54) is 32.4 Å². The number of ether oxygens (including phenoxy) is 2. The number of methoxy groups -OCH3 is 2. The van der Waals surface area contributed by atoms with Crippen LogP contribution < -0.4 is 9.47 Å². The van der Waals surface area contributed by atoms with Gasteiger partial charge in [-0.2, -0.15) is 0 Å². The molecule has 0 spiro atoms. The van der Waals surface area contributed by atoms with Crippen LogP contribution in [0.15, 0.2) is 18.2 Å². The quantitative estimate of drug-likeness (QED) is 0.576. The van der Waals surface area contributed by atoms with Gasteiger partial charge in [-0.25, -0.2) is 0 Å². The minimum Gasteiger partial charge on any atom is -0.493 e. The highest BCUT2D eigenvalue weighted by Gasteiger charge is 2.34. The molecule has 0 aliphatic rings. The molecule has 1 rings (SSSR count). The maximum atomic E-state index is 11.8. The Bertz CT molecular complexity index is 507. The lowest BCUT2D eigenvalue weighted by atomic mass is 9.97. The van der Waals surface area contributed by atoms with Crippen LogP contribution in [0.5, 0.6) is 11.5 Å². The summed E-state index contributed by atoms with van der Waals surface area (Å²) in [6.45, 7) is 0. The van der Waals surface area contributed by atoms with Gasteiger partial charge < -0.3 is 19.7 Å². The molecule has 1 aromatic rings. The van der Waals surface area contributed by atoms with E-state index in [4.69, 9.17) is 19.7 Å². The Kier molecular flexibility index (Phi) is 4.46. The summed E-state index contributed by atoms with van der Waals surface area (Å²) in [5.41, 5.74) is -0.0764. The van der Waals surface area contributed by atoms with Crippen LogP contribution in [0.2, 0.25) is 0 Å². The summed E-state index contributed by atoms with van der Waals surface area (Å²) < 4.78 is 9.91. The van der Waals surface area contributed by atoms with Crippen molar-refractivity contribution in [3.63, 3.8) is 0 Å². The van der Waals surface area contributed by atoms with Crippen LogP contribution in [0, 0.1) is 5.92 Å². The number of rotatable bonds is 6. The Hall–Kier alpha value is -2.57. The molecule has 1 aromatic carbocycles. The number of benzene rings is 1. The van der Waals surface area contributed by atoms with Crippen LogP contribution in [0.1, 0.15) is 10.4 Å². The Morgan fingerprint density at radius 3 is 1.95 bits per heavy atom. The molecule has 0 bridgehead atoms. The third-order valence-corrected chi connectivity index (χ3v) is 2.42. The van der Waals surface area contributed by atoms with Crippen molar-refractivity contribution < 1.29 is 34.1 Å². The second-order valence-corrected chi connectivity index (χ2v) is 3.54. The van der Waals surface area contributed by atoms with Crippen LogP contribution >= 0.6 is 0 Å². The first-order chi connectivity index (χ1) is 8.92. The lowest BCUT2D eigenvalue weighted by Crippen LogP contribution is -2.31. The van der Waals surface area contributed by atoms with Crippen LogP contribution in [0.25, 0.3) is 0 Å². The minimum absolute atomic E-state index is 0.0764. The van der Waals surface area contributed by atoms with E-state index in [9.17, 15) is 14.4 Å². The highest BCUT2D eigenvalue weighted by atomic mass is 16.5. The van der Waals surface area contributed by atoms with E-state index in [1.807, 2.05) is 0 Å². The summed E-state index contributed by atoms with van der Waals surface area (Å²) in [7, 11) is 2.74. The standard InChI is InChI=1S/C12H12O7/c1-18-7-4-3-6(5-8(7)19-2)10(13)9(11(14)15)12(16)17/h3-5,9H,1-2H3,(H,14,15)(H,16,17). The van der Waals surface area contributed by atoms with Gasteiger partial charge >= 0.3 is 11.9 Å². The topological polar surface area (TPSA) is 110 Å². The summed E-state index contributed by atoms with van der Waals surface area (Å²) in [6.07, 6.45) is 0. The molecule has 0 atom stereocenters. The smallest absolute Gasteiger partial charge is 0.325 e. The number of hydrogen-bond acceptors (Lipinski definition) is 5. The minimum atomic E-state index is -2.14. The molecule has 0 aliphatic heterocycles. The Morgan fingerprint density at radius 1 is 1.00 bits per heavy atom. The van der Waals surface area contributed by atoms with Crippen molar-refractivity contribution in [3.05, 3.63) is 23.8 Å². The fraction of sp³-hybridized carbons (Fsp3) is 0.250. The van der Waals surface area contributed by atoms with E-state index >= 15 is 0 Å². The van der Waals surface area contributed by atoms with Gasteiger partial charge in [-0.05, 0) is 18.2 Å². The van der Waals surface area contributed by atoms with E-state index in [0.717, 1.165) is 0 Å². The fourth-order valence-corrected chi connectivity index (χ4v) is 1.49. The van der Waals surface area contributed by atoms with Crippen LogP contribution in [0.3, 0.4) is 0 Å². The Morgan fingerprint density at radius 2 is 1.53 bits per heavy atom. The second kappa shape index (κ2) is 5.85. The predicted octanol–water partition coefficient (Wildman–Crippen LogP) is 0.672. The first kappa shape index (κ1) is 14.5. The molecular weight excluding hydrogens is 256 g/mol. The Labute approximate surface area is 108 Å². The Balaban J connectivity index is 3.19. The molecule has 0 aromatic heterocycles. The van der Waals surface area contributed by atoms with E-state index in [-0.39, 0.29) is 11.3 Å². The molecule has 0 saturated carbocycles. The van der Waals surface area contributed by atoms with Crippen molar-refractivity contribution in [2.75, 3.05) is 14.2 Å². The molecule has 102 valence electrons. The van der Waals surface area contributed by atoms with E-state index in [0.29, 0.717) is 5.75 Å². The van der Waals surface area contributed by atoms with Gasteiger partial charge in [0.2, 0.25) is 5.92 Å². The van der Waals surface area contributed by atoms with Gasteiger partial charge in [0.15, 0.2) is 17.3 Å². The van der Waals surface area contributed by atoms with E-state index < -0.39 is 23.6 Å². The molecular formula is C12H12O7. The predicted molar refractivity (Wildman–Crippen MR) is 62.6 cm³/mol. The summed E-state index contributed by atoms with van der Waals surface area (Å²) in [6, 6.07) is 3.91. The number of Topliss-reactive ketones (excluding diaryl/α,β-unsaturated/α-hetero) is 1. The van der Waals surface area contributed by atoms with Crippen molar-refractivity contribution >= 4 is 17.7 Å². The van der Waals surface area contributed by atoms with Gasteiger partial charge in [-0.15, -0.1) is 0 Å². The van der Waals surface area contributed by atoms with Crippen molar-refractivity contribution in [3.8, 4) is 11.5 Å². The van der Waals surface area contributed by atoms with Gasteiger partial charge in [0.05, 0.1) is 14.2 Å². The summed E-state index contributed by atoms with van der Waals surface area (Å²) >= 11 is 0. The molecule has 7 nitrogen and oxygen atoms in total. The summed E-state index contributed by atoms with van der Waals surface area (Å²) in [5.74, 6) is -6.04. The average Bonchev–Trinajstić information content (AvgIpc) is 2.36. The zero-order valence-electron chi connectivity index (χ0n) is 10.2. The van der Waals surface area contributed by atoms with Crippen molar-refractivity contribution in [1.29, 1.82) is 0 Å². The van der Waals surface area contributed by atoms with Gasteiger partial charge in [-0.1, -0.05) is 0 Å². The molecule has 2 N–H and O–H groups in total. The van der Waals surface area contributed by atoms with Crippen LogP contribution in [-0.4, -0.2) is 42.2 Å². The van der Waals surface area contributed by atoms with E-state index in [1.54, 1.807) is 0 Å². The lowest BCUT2D eigenvalue weighted by Gasteiger charge is -2.10. The van der Waals surface area contributed by atoms with Gasteiger partial charge in [0.25, 0.3) is 0 Å². The zero-order chi connectivity index (χ0) is 14.6. The monoisotopic (exact) mass is 268 g/mol. The van der Waals surface area contributed by atoms with Gasteiger partial charge in [0.1, 0.15) is 0 Å². The third kappa shape index (κ3) is 3.01. The zero-order valence-corrected chi connectivity index (χ0v) is 10.2. The first-order valence-corrected chi connectivity index (χ1v) is 5.14. The largest absolute Gasteiger partial charge is 0.493 e. The molecule has 0 radical (unpaired) electrons. The van der Waals surface area contributed by atoms with Gasteiger partial charge in [-0.3, -0.25) is 14.4 Å². The maximum Gasteiger partial charge on any atom is 0.325 e. The average molecular weight is 268 g/mol. The third-order valence-electron chi connectivity index (χ3n) is 2.42. The molecule has 0 fully saturated rings.